The number of Topliss-reactive ketones (excluding diaryl/α,β-unsaturated/α-hetero) is 1. The number of anilines is 1. The van der Waals surface area contributed by atoms with Crippen LogP contribution >= 0.6 is 23.2 Å². The maximum absolute atomic E-state index is 13.2. The second-order valence-corrected chi connectivity index (χ2v) is 10.2. The maximum Gasteiger partial charge on any atom is 0.326 e. The van der Waals surface area contributed by atoms with Crippen molar-refractivity contribution in [1.82, 2.24) is 5.32 Å². The Kier molecular flexibility index (Phi) is 9.51. The van der Waals surface area contributed by atoms with Crippen LogP contribution < -0.4 is 10.6 Å². The molecule has 2 amide bonds. The van der Waals surface area contributed by atoms with Crippen molar-refractivity contribution in [3.05, 3.63) is 63.6 Å². The molecule has 0 aromatic heterocycles. The summed E-state index contributed by atoms with van der Waals surface area (Å²) in [6.07, 6.45) is 4.94. The maximum atomic E-state index is 13.2. The second-order valence-electron chi connectivity index (χ2n) is 9.36. The molecule has 0 bridgehead atoms. The van der Waals surface area contributed by atoms with Gasteiger partial charge in [-0.05, 0) is 62.4 Å². The Morgan fingerprint density at radius 2 is 1.61 bits per heavy atom. The highest BCUT2D eigenvalue weighted by molar-refractivity contribution is 6.40. The Hall–Kier alpha value is -2.90. The van der Waals surface area contributed by atoms with Crippen LogP contribution in [0.2, 0.25) is 10.0 Å². The van der Waals surface area contributed by atoms with E-state index in [0.717, 1.165) is 12.8 Å². The molecule has 1 fully saturated rings. The predicted octanol–water partition coefficient (Wildman–Crippen LogP) is 5.68. The van der Waals surface area contributed by atoms with Crippen LogP contribution in [-0.4, -0.2) is 34.7 Å². The number of halogens is 2. The van der Waals surface area contributed by atoms with Crippen LogP contribution in [0.25, 0.3) is 0 Å². The number of carbonyl (C=O) groups excluding carboxylic acids is 3. The zero-order valence-electron chi connectivity index (χ0n) is 20.1. The Morgan fingerprint density at radius 3 is 2.17 bits per heavy atom. The van der Waals surface area contributed by atoms with E-state index in [0.29, 0.717) is 43.4 Å². The standard InChI is InChI=1S/C27H30Cl2N2O5/c1-17(32)6-5-15-27(13-2-3-14-27)26(36)31-22(25(34)35)16-18-9-11-19(12-10-18)30-24(33)23-20(28)7-4-8-21(23)29/h4,7-12,22H,2-3,5-6,13-16H2,1H3,(H,30,33)(H,31,36)(H,34,35)/t22-/m0/s1. The van der Waals surface area contributed by atoms with Crippen molar-refractivity contribution < 1.29 is 24.3 Å². The zero-order valence-corrected chi connectivity index (χ0v) is 21.6. The number of hydrogen-bond donors (Lipinski definition) is 3. The summed E-state index contributed by atoms with van der Waals surface area (Å²) < 4.78 is 0. The van der Waals surface area contributed by atoms with Gasteiger partial charge in [0.2, 0.25) is 5.91 Å². The van der Waals surface area contributed by atoms with Crippen molar-refractivity contribution in [3.63, 3.8) is 0 Å². The van der Waals surface area contributed by atoms with Gasteiger partial charge in [0.1, 0.15) is 11.8 Å². The van der Waals surface area contributed by atoms with Gasteiger partial charge >= 0.3 is 5.97 Å². The first-order valence-electron chi connectivity index (χ1n) is 12.0. The Balaban J connectivity index is 1.64. The number of ketones is 1. The molecule has 192 valence electrons. The topological polar surface area (TPSA) is 113 Å². The summed E-state index contributed by atoms with van der Waals surface area (Å²) in [5.74, 6) is -1.75. The summed E-state index contributed by atoms with van der Waals surface area (Å²) >= 11 is 12.2. The van der Waals surface area contributed by atoms with Crippen molar-refractivity contribution in [1.29, 1.82) is 0 Å². The van der Waals surface area contributed by atoms with E-state index in [1.54, 1.807) is 42.5 Å². The summed E-state index contributed by atoms with van der Waals surface area (Å²) in [6, 6.07) is 10.4. The third-order valence-corrected chi connectivity index (χ3v) is 7.30. The monoisotopic (exact) mass is 532 g/mol. The minimum absolute atomic E-state index is 0.0848. The predicted molar refractivity (Wildman–Crippen MR) is 140 cm³/mol. The molecule has 3 N–H and O–H groups in total. The van der Waals surface area contributed by atoms with Gasteiger partial charge < -0.3 is 20.5 Å². The minimum Gasteiger partial charge on any atom is -0.480 e. The van der Waals surface area contributed by atoms with Gasteiger partial charge in [0.15, 0.2) is 0 Å². The molecule has 0 unspecified atom stereocenters. The van der Waals surface area contributed by atoms with Gasteiger partial charge in [-0.1, -0.05) is 54.2 Å². The van der Waals surface area contributed by atoms with E-state index < -0.39 is 23.3 Å². The fourth-order valence-corrected chi connectivity index (χ4v) is 5.27. The molecule has 9 heteroatoms. The van der Waals surface area contributed by atoms with E-state index in [9.17, 15) is 24.3 Å². The third kappa shape index (κ3) is 7.08. The van der Waals surface area contributed by atoms with Crippen LogP contribution in [0.15, 0.2) is 42.5 Å². The first-order valence-corrected chi connectivity index (χ1v) is 12.7. The number of carboxylic acid groups (broad SMARTS) is 1. The van der Waals surface area contributed by atoms with E-state index in [4.69, 9.17) is 23.2 Å². The van der Waals surface area contributed by atoms with Crippen molar-refractivity contribution >= 4 is 52.5 Å². The molecule has 2 aromatic carbocycles. The van der Waals surface area contributed by atoms with Gasteiger partial charge in [-0.2, -0.15) is 0 Å². The van der Waals surface area contributed by atoms with Crippen molar-refractivity contribution in [2.24, 2.45) is 5.41 Å². The molecule has 0 heterocycles. The van der Waals surface area contributed by atoms with Crippen molar-refractivity contribution in [2.45, 2.75) is 64.3 Å². The van der Waals surface area contributed by atoms with E-state index in [1.165, 1.54) is 6.92 Å². The lowest BCUT2D eigenvalue weighted by Gasteiger charge is -2.29. The molecule has 0 saturated heterocycles. The Labute approximate surface area is 220 Å². The number of carbonyl (C=O) groups is 4. The lowest BCUT2D eigenvalue weighted by atomic mass is 9.79. The Morgan fingerprint density at radius 1 is 1.00 bits per heavy atom. The van der Waals surface area contributed by atoms with E-state index in [1.807, 2.05) is 0 Å². The number of rotatable bonds is 11. The van der Waals surface area contributed by atoms with Gasteiger partial charge in [-0.3, -0.25) is 9.59 Å². The van der Waals surface area contributed by atoms with Crippen LogP contribution in [0.5, 0.6) is 0 Å². The summed E-state index contributed by atoms with van der Waals surface area (Å²) in [6.45, 7) is 1.53. The van der Waals surface area contributed by atoms with Gasteiger partial charge in [-0.25, -0.2) is 4.79 Å². The van der Waals surface area contributed by atoms with Crippen LogP contribution in [0.4, 0.5) is 5.69 Å². The summed E-state index contributed by atoms with van der Waals surface area (Å²) in [5, 5.41) is 15.7. The summed E-state index contributed by atoms with van der Waals surface area (Å²) in [4.78, 5) is 49.0. The SMILES string of the molecule is CC(=O)CCCC1(C(=O)N[C@@H](Cc2ccc(NC(=O)c3c(Cl)cccc3Cl)cc2)C(=O)O)CCCC1. The number of aliphatic carboxylic acids is 1. The van der Waals surface area contributed by atoms with E-state index in [2.05, 4.69) is 10.6 Å². The number of hydrogen-bond acceptors (Lipinski definition) is 4. The third-order valence-electron chi connectivity index (χ3n) is 6.67. The molecule has 1 saturated carbocycles. The normalized spacial score (nSPS) is 15.2. The van der Waals surface area contributed by atoms with Crippen LogP contribution in [-0.2, 0) is 20.8 Å². The highest BCUT2D eigenvalue weighted by Crippen LogP contribution is 2.42. The molecule has 3 rings (SSSR count). The van der Waals surface area contributed by atoms with Crippen molar-refractivity contribution in [2.75, 3.05) is 5.32 Å². The quantitative estimate of drug-likeness (QED) is 0.344. The first kappa shape index (κ1) is 27.7. The number of amides is 2. The molecule has 7 nitrogen and oxygen atoms in total. The highest BCUT2D eigenvalue weighted by Gasteiger charge is 2.41. The molecule has 1 aliphatic carbocycles. The first-order chi connectivity index (χ1) is 17.1. The Bertz CT molecular complexity index is 1110. The molecular weight excluding hydrogens is 503 g/mol. The molecular formula is C27H30Cl2N2O5. The fraction of sp³-hybridized carbons (Fsp3) is 0.407. The number of benzene rings is 2. The van der Waals surface area contributed by atoms with Crippen LogP contribution in [0.3, 0.4) is 0 Å². The number of carboxylic acids is 1. The van der Waals surface area contributed by atoms with E-state index in [-0.39, 0.29) is 33.7 Å². The van der Waals surface area contributed by atoms with Gasteiger partial charge in [-0.15, -0.1) is 0 Å². The van der Waals surface area contributed by atoms with Crippen molar-refractivity contribution in [3.8, 4) is 0 Å². The summed E-state index contributed by atoms with van der Waals surface area (Å²) in [5.41, 5.74) is 0.736. The smallest absolute Gasteiger partial charge is 0.326 e. The number of nitrogens with one attached hydrogen (secondary N) is 2. The molecule has 2 aromatic rings. The molecule has 1 aliphatic rings. The molecule has 0 spiro atoms. The largest absolute Gasteiger partial charge is 0.480 e. The fourth-order valence-electron chi connectivity index (χ4n) is 4.70. The summed E-state index contributed by atoms with van der Waals surface area (Å²) in [7, 11) is 0. The highest BCUT2D eigenvalue weighted by atomic mass is 35.5. The van der Waals surface area contributed by atoms with E-state index >= 15 is 0 Å². The lowest BCUT2D eigenvalue weighted by Crippen LogP contribution is -2.48. The van der Waals surface area contributed by atoms with Gasteiger partial charge in [0, 0.05) is 23.9 Å². The lowest BCUT2D eigenvalue weighted by molar-refractivity contribution is -0.144. The van der Waals surface area contributed by atoms with Gasteiger partial charge in [0.05, 0.1) is 15.6 Å². The molecule has 36 heavy (non-hydrogen) atoms. The molecule has 1 atom stereocenters. The molecule has 0 radical (unpaired) electrons. The van der Waals surface area contributed by atoms with Crippen LogP contribution in [0, 0.1) is 5.41 Å². The van der Waals surface area contributed by atoms with Gasteiger partial charge in [0.25, 0.3) is 5.91 Å². The minimum atomic E-state index is -1.12. The average Bonchev–Trinajstić information content (AvgIpc) is 3.29. The van der Waals surface area contributed by atoms with Crippen LogP contribution in [0.1, 0.15) is 67.8 Å². The zero-order chi connectivity index (χ0) is 26.3. The second kappa shape index (κ2) is 12.4. The molecule has 0 aliphatic heterocycles. The average molecular weight is 533 g/mol.